The lowest BCUT2D eigenvalue weighted by atomic mass is 10.1. The van der Waals surface area contributed by atoms with Crippen LogP contribution in [-0.2, 0) is 0 Å². The third-order valence-electron chi connectivity index (χ3n) is 4.25. The number of hydrogen-bond acceptors (Lipinski definition) is 2. The Bertz CT molecular complexity index is 358. The zero-order valence-electron chi connectivity index (χ0n) is 12.5. The molecule has 1 N–H and O–H groups in total. The lowest BCUT2D eigenvalue weighted by Crippen LogP contribution is -2.37. The number of nitrogens with zero attached hydrogens (tertiary/aromatic N) is 1. The van der Waals surface area contributed by atoms with E-state index in [2.05, 4.69) is 48.3 Å². The van der Waals surface area contributed by atoms with Crippen molar-refractivity contribution in [2.45, 2.75) is 52.0 Å². The summed E-state index contributed by atoms with van der Waals surface area (Å²) in [7, 11) is 0. The summed E-state index contributed by atoms with van der Waals surface area (Å²) >= 11 is 0. The van der Waals surface area contributed by atoms with Crippen LogP contribution in [0.3, 0.4) is 0 Å². The Morgan fingerprint density at radius 3 is 2.68 bits per heavy atom. The number of nitrogens with one attached hydrogen (secondary N) is 1. The molecule has 1 aromatic carbocycles. The molecule has 1 aliphatic heterocycles. The molecule has 1 aromatic rings. The third-order valence-corrected chi connectivity index (χ3v) is 4.25. The van der Waals surface area contributed by atoms with E-state index in [1.807, 2.05) is 0 Å². The molecule has 0 aliphatic carbocycles. The van der Waals surface area contributed by atoms with Crippen LogP contribution in [0.4, 0.5) is 5.69 Å². The second kappa shape index (κ2) is 7.54. The maximum atomic E-state index is 3.54. The van der Waals surface area contributed by atoms with Gasteiger partial charge in [0.2, 0.25) is 0 Å². The van der Waals surface area contributed by atoms with Crippen molar-refractivity contribution in [3.8, 4) is 0 Å². The smallest absolute Gasteiger partial charge is 0.0340 e. The van der Waals surface area contributed by atoms with Gasteiger partial charge in [0, 0.05) is 24.8 Å². The second-order valence-corrected chi connectivity index (χ2v) is 5.74. The van der Waals surface area contributed by atoms with E-state index in [1.54, 1.807) is 0 Å². The van der Waals surface area contributed by atoms with E-state index in [0.29, 0.717) is 0 Å². The molecule has 0 saturated carbocycles. The van der Waals surface area contributed by atoms with E-state index >= 15 is 0 Å². The van der Waals surface area contributed by atoms with Gasteiger partial charge in [0.1, 0.15) is 0 Å². The molecule has 0 radical (unpaired) electrons. The molecule has 0 spiro atoms. The molecule has 2 rings (SSSR count). The van der Waals surface area contributed by atoms with E-state index in [0.717, 1.165) is 12.6 Å². The second-order valence-electron chi connectivity index (χ2n) is 5.74. The van der Waals surface area contributed by atoms with Gasteiger partial charge in [-0.1, -0.05) is 37.5 Å². The van der Waals surface area contributed by atoms with Gasteiger partial charge in [0.15, 0.2) is 0 Å². The Labute approximate surface area is 118 Å². The van der Waals surface area contributed by atoms with E-state index in [9.17, 15) is 0 Å². The van der Waals surface area contributed by atoms with Gasteiger partial charge in [0.25, 0.3) is 0 Å². The summed E-state index contributed by atoms with van der Waals surface area (Å²) in [6, 6.07) is 9.50. The minimum atomic E-state index is 0.808. The predicted molar refractivity (Wildman–Crippen MR) is 83.8 cm³/mol. The van der Waals surface area contributed by atoms with E-state index in [4.69, 9.17) is 0 Å². The largest absolute Gasteiger partial charge is 0.384 e. The Morgan fingerprint density at radius 2 is 1.95 bits per heavy atom. The number of rotatable bonds is 5. The lowest BCUT2D eigenvalue weighted by Gasteiger charge is -2.29. The van der Waals surface area contributed by atoms with Crippen LogP contribution in [0.25, 0.3) is 0 Å². The van der Waals surface area contributed by atoms with Crippen LogP contribution in [-0.4, -0.2) is 30.6 Å². The first kappa shape index (κ1) is 14.4. The van der Waals surface area contributed by atoms with Crippen LogP contribution in [0.2, 0.25) is 0 Å². The first-order chi connectivity index (χ1) is 9.29. The van der Waals surface area contributed by atoms with Crippen molar-refractivity contribution in [1.82, 2.24) is 4.90 Å². The fourth-order valence-corrected chi connectivity index (χ4v) is 3.01. The van der Waals surface area contributed by atoms with Gasteiger partial charge in [-0.2, -0.15) is 0 Å². The molecule has 0 amide bonds. The molecule has 1 aliphatic rings. The molecule has 1 unspecified atom stereocenters. The van der Waals surface area contributed by atoms with Crippen LogP contribution >= 0.6 is 0 Å². The van der Waals surface area contributed by atoms with Crippen LogP contribution in [0.1, 0.15) is 44.6 Å². The fourth-order valence-electron chi connectivity index (χ4n) is 3.01. The molecular formula is C17H28N2. The molecule has 2 heteroatoms. The van der Waals surface area contributed by atoms with Gasteiger partial charge in [0.05, 0.1) is 0 Å². The molecule has 1 heterocycles. The van der Waals surface area contributed by atoms with Crippen molar-refractivity contribution in [3.63, 3.8) is 0 Å². The highest BCUT2D eigenvalue weighted by Crippen LogP contribution is 2.18. The zero-order valence-corrected chi connectivity index (χ0v) is 12.5. The van der Waals surface area contributed by atoms with Crippen LogP contribution in [0.5, 0.6) is 0 Å². The van der Waals surface area contributed by atoms with Crippen LogP contribution in [0.15, 0.2) is 24.3 Å². The van der Waals surface area contributed by atoms with Gasteiger partial charge < -0.3 is 5.32 Å². The topological polar surface area (TPSA) is 15.3 Å². The zero-order chi connectivity index (χ0) is 13.5. The minimum Gasteiger partial charge on any atom is -0.384 e. The highest BCUT2D eigenvalue weighted by atomic mass is 15.2. The molecule has 19 heavy (non-hydrogen) atoms. The van der Waals surface area contributed by atoms with Gasteiger partial charge >= 0.3 is 0 Å². The standard InChI is InChI=1S/C17H28N2/c1-3-17-7-5-4-6-13-19(17)14-12-18-16-10-8-15(2)9-11-16/h8-11,17-18H,3-7,12-14H2,1-2H3. The Hall–Kier alpha value is -1.02. The van der Waals surface area contributed by atoms with Crippen molar-refractivity contribution < 1.29 is 0 Å². The fraction of sp³-hybridized carbons (Fsp3) is 0.647. The molecule has 1 fully saturated rings. The molecule has 0 aromatic heterocycles. The molecule has 2 nitrogen and oxygen atoms in total. The van der Waals surface area contributed by atoms with Gasteiger partial charge in [-0.3, -0.25) is 4.90 Å². The van der Waals surface area contributed by atoms with Gasteiger partial charge in [-0.05, 0) is 44.9 Å². The van der Waals surface area contributed by atoms with Crippen molar-refractivity contribution in [3.05, 3.63) is 29.8 Å². The van der Waals surface area contributed by atoms with Gasteiger partial charge in [-0.15, -0.1) is 0 Å². The quantitative estimate of drug-likeness (QED) is 0.859. The normalized spacial score (nSPS) is 21.1. The maximum Gasteiger partial charge on any atom is 0.0340 e. The first-order valence-electron chi connectivity index (χ1n) is 7.84. The SMILES string of the molecule is CCC1CCCCCN1CCNc1ccc(C)cc1. The predicted octanol–water partition coefficient (Wildman–Crippen LogP) is 4.06. The molecule has 106 valence electrons. The van der Waals surface area contributed by atoms with E-state index < -0.39 is 0 Å². The molecular weight excluding hydrogens is 232 g/mol. The summed E-state index contributed by atoms with van der Waals surface area (Å²) < 4.78 is 0. The monoisotopic (exact) mass is 260 g/mol. The summed E-state index contributed by atoms with van der Waals surface area (Å²) in [5, 5.41) is 3.54. The average Bonchev–Trinajstić information content (AvgIpc) is 2.66. The Balaban J connectivity index is 1.78. The van der Waals surface area contributed by atoms with E-state index in [-0.39, 0.29) is 0 Å². The highest BCUT2D eigenvalue weighted by Gasteiger charge is 2.18. The van der Waals surface area contributed by atoms with Crippen LogP contribution in [0, 0.1) is 6.92 Å². The Kier molecular flexibility index (Phi) is 5.71. The van der Waals surface area contributed by atoms with Crippen molar-refractivity contribution in [2.75, 3.05) is 25.0 Å². The van der Waals surface area contributed by atoms with E-state index in [1.165, 1.54) is 56.4 Å². The minimum absolute atomic E-state index is 0.808. The third kappa shape index (κ3) is 4.54. The van der Waals surface area contributed by atoms with Crippen molar-refractivity contribution in [1.29, 1.82) is 0 Å². The number of aryl methyl sites for hydroxylation is 1. The lowest BCUT2D eigenvalue weighted by molar-refractivity contribution is 0.202. The van der Waals surface area contributed by atoms with Gasteiger partial charge in [-0.25, -0.2) is 0 Å². The summed E-state index contributed by atoms with van der Waals surface area (Å²) in [4.78, 5) is 2.69. The number of hydrogen-bond donors (Lipinski definition) is 1. The maximum absolute atomic E-state index is 3.54. The first-order valence-corrected chi connectivity index (χ1v) is 7.84. The summed E-state index contributed by atoms with van der Waals surface area (Å²) in [6.07, 6.45) is 6.89. The number of benzene rings is 1. The number of likely N-dealkylation sites (tertiary alicyclic amines) is 1. The molecule has 1 saturated heterocycles. The van der Waals surface area contributed by atoms with Crippen molar-refractivity contribution in [2.24, 2.45) is 0 Å². The Morgan fingerprint density at radius 1 is 1.16 bits per heavy atom. The summed E-state index contributed by atoms with van der Waals surface area (Å²) in [6.45, 7) is 7.98. The van der Waals surface area contributed by atoms with Crippen molar-refractivity contribution >= 4 is 5.69 Å². The summed E-state index contributed by atoms with van der Waals surface area (Å²) in [5.41, 5.74) is 2.57. The molecule has 0 bridgehead atoms. The number of anilines is 1. The highest BCUT2D eigenvalue weighted by molar-refractivity contribution is 5.44. The average molecular weight is 260 g/mol. The van der Waals surface area contributed by atoms with Crippen LogP contribution < -0.4 is 5.32 Å². The molecule has 1 atom stereocenters. The summed E-state index contributed by atoms with van der Waals surface area (Å²) in [5.74, 6) is 0.